The van der Waals surface area contributed by atoms with E-state index in [2.05, 4.69) is 28.6 Å². The van der Waals surface area contributed by atoms with Gasteiger partial charge in [-0.05, 0) is 24.4 Å². The van der Waals surface area contributed by atoms with E-state index in [4.69, 9.17) is 5.11 Å². The third-order valence-corrected chi connectivity index (χ3v) is 3.65. The van der Waals surface area contributed by atoms with Crippen molar-refractivity contribution in [3.63, 3.8) is 0 Å². The van der Waals surface area contributed by atoms with Crippen LogP contribution in [0.3, 0.4) is 0 Å². The van der Waals surface area contributed by atoms with Crippen LogP contribution < -0.4 is 17.7 Å². The van der Waals surface area contributed by atoms with E-state index in [1.165, 1.54) is 53.1 Å². The van der Waals surface area contributed by atoms with Gasteiger partial charge in [-0.25, -0.2) is 0 Å². The molecule has 0 radical (unpaired) electrons. The number of aliphatic hydroxyl groups excluding tert-OH is 1. The maximum atomic E-state index is 10.2. The van der Waals surface area contributed by atoms with Gasteiger partial charge in [0.15, 0.2) is 0 Å². The molecular formula is C13H12ClN3O3SZn. The Kier molecular flexibility index (Phi) is 10.2. The number of aliphatic hydroxyl groups is 1. The van der Waals surface area contributed by atoms with E-state index >= 15 is 0 Å². The van der Waals surface area contributed by atoms with Crippen LogP contribution in [-0.4, -0.2) is 20.2 Å². The first-order chi connectivity index (χ1) is 10.0. The molecule has 0 unspecified atom stereocenters. The Bertz CT molecular complexity index is 599. The maximum absolute atomic E-state index is 10.2. The molecule has 1 aromatic carbocycles. The van der Waals surface area contributed by atoms with Gasteiger partial charge in [-0.15, -0.1) is 0 Å². The van der Waals surface area contributed by atoms with E-state index in [0.717, 1.165) is 0 Å². The Morgan fingerprint density at radius 2 is 2.00 bits per heavy atom. The van der Waals surface area contributed by atoms with Crippen molar-refractivity contribution in [2.45, 2.75) is 5.02 Å². The second-order valence-corrected chi connectivity index (χ2v) is 5.28. The molecule has 0 saturated heterocycles. The molecule has 0 atom stereocenters. The predicted octanol–water partition coefficient (Wildman–Crippen LogP) is -0.0180. The number of hydrogen-bond acceptors (Lipinski definition) is 4. The Morgan fingerprint density at radius 1 is 1.36 bits per heavy atom. The number of nitro groups is 1. The van der Waals surface area contributed by atoms with Crippen LogP contribution in [0.4, 0.5) is 11.4 Å². The molecule has 0 spiro atoms. The van der Waals surface area contributed by atoms with Crippen molar-refractivity contribution < 1.29 is 40.7 Å². The van der Waals surface area contributed by atoms with E-state index < -0.39 is 4.92 Å². The van der Waals surface area contributed by atoms with Crippen LogP contribution in [0.1, 0.15) is 5.56 Å². The normalized spacial score (nSPS) is 8.82. The van der Waals surface area contributed by atoms with Gasteiger partial charge < -0.3 is 22.8 Å². The van der Waals surface area contributed by atoms with Crippen LogP contribution in [0.2, 0.25) is 0 Å². The SMILES string of the molecule is O=[N+]([O-])c1ccc(NC(O)=S)cc1.[Cl-].[Zn+][CH2]c1cccnc1. The molecule has 2 rings (SSSR count). The standard InChI is InChI=1S/C7H6N2O3S.C6H6N.ClH.Zn/c10-7(13)8-5-1-3-6(4-2-5)9(11)12;1-6-3-2-4-7-5-6;;/h1-4H,(H2,8,10,13);2-5H,1H2;1H;/q;;;+1/p-1. The summed E-state index contributed by atoms with van der Waals surface area (Å²) < 4.78 is 0. The monoisotopic (exact) mass is 389 g/mol. The summed E-state index contributed by atoms with van der Waals surface area (Å²) in [5.74, 6) is 0. The van der Waals surface area contributed by atoms with Gasteiger partial charge in [0.25, 0.3) is 10.9 Å². The Balaban J connectivity index is 0.000000423. The van der Waals surface area contributed by atoms with Crippen LogP contribution in [0.25, 0.3) is 0 Å². The first-order valence-corrected chi connectivity index (χ1v) is 8.46. The number of aromatic nitrogens is 1. The van der Waals surface area contributed by atoms with Gasteiger partial charge in [0.1, 0.15) is 0 Å². The van der Waals surface area contributed by atoms with Crippen LogP contribution in [0.5, 0.6) is 0 Å². The molecule has 0 amide bonds. The van der Waals surface area contributed by atoms with Crippen molar-refractivity contribution >= 4 is 28.8 Å². The first-order valence-electron chi connectivity index (χ1n) is 5.95. The molecule has 0 fully saturated rings. The van der Waals surface area contributed by atoms with Gasteiger partial charge in [0.05, 0.1) is 4.92 Å². The Labute approximate surface area is 149 Å². The average Bonchev–Trinajstić information content (AvgIpc) is 2.48. The number of anilines is 1. The van der Waals surface area contributed by atoms with Crippen LogP contribution in [0.15, 0.2) is 48.8 Å². The first kappa shape index (κ1) is 20.4. The van der Waals surface area contributed by atoms with E-state index in [0.29, 0.717) is 5.69 Å². The fourth-order valence-corrected chi connectivity index (χ4v) is 2.07. The number of halogens is 1. The van der Waals surface area contributed by atoms with Gasteiger partial charge in [0, 0.05) is 17.8 Å². The van der Waals surface area contributed by atoms with Crippen molar-refractivity contribution in [1.82, 2.24) is 4.98 Å². The number of rotatable bonds is 3. The third-order valence-electron chi connectivity index (χ3n) is 2.34. The quantitative estimate of drug-likeness (QED) is 0.331. The van der Waals surface area contributed by atoms with Gasteiger partial charge in [-0.2, -0.15) is 0 Å². The molecular weight excluding hydrogens is 379 g/mol. The molecule has 0 aliphatic rings. The summed E-state index contributed by atoms with van der Waals surface area (Å²) in [6.45, 7) is 0. The molecule has 2 aromatic rings. The van der Waals surface area contributed by atoms with Gasteiger partial charge in [0.2, 0.25) is 0 Å². The van der Waals surface area contributed by atoms with Crippen LogP contribution in [0, 0.1) is 10.1 Å². The summed E-state index contributed by atoms with van der Waals surface area (Å²) in [6, 6.07) is 9.64. The topological polar surface area (TPSA) is 88.3 Å². The molecule has 0 aliphatic carbocycles. The fourth-order valence-electron chi connectivity index (χ4n) is 1.34. The van der Waals surface area contributed by atoms with Crippen LogP contribution >= 0.6 is 12.2 Å². The van der Waals surface area contributed by atoms with Crippen LogP contribution in [-0.2, 0) is 23.3 Å². The molecule has 0 saturated carbocycles. The van der Waals surface area contributed by atoms with Gasteiger partial charge in [-0.3, -0.25) is 10.1 Å². The second kappa shape index (κ2) is 11.0. The molecule has 6 nitrogen and oxygen atoms in total. The molecule has 1 heterocycles. The minimum absolute atomic E-state index is 0. The minimum atomic E-state index is -0.499. The number of benzene rings is 1. The number of non-ortho nitro benzene ring substituents is 1. The molecule has 2 N–H and O–H groups in total. The third kappa shape index (κ3) is 7.97. The number of pyridine rings is 1. The second-order valence-electron chi connectivity index (χ2n) is 3.85. The van der Waals surface area contributed by atoms with Gasteiger partial charge >= 0.3 is 58.4 Å². The zero-order valence-corrected chi connectivity index (χ0v) is 16.0. The van der Waals surface area contributed by atoms with Crippen molar-refractivity contribution in [3.8, 4) is 0 Å². The summed E-state index contributed by atoms with van der Waals surface area (Å²) in [6.07, 6.45) is 3.72. The van der Waals surface area contributed by atoms with E-state index in [1.54, 1.807) is 6.20 Å². The predicted molar refractivity (Wildman–Crippen MR) is 79.9 cm³/mol. The molecule has 0 aliphatic heterocycles. The molecule has 0 bridgehead atoms. The number of thiocarbonyl (C=S) groups is 1. The fraction of sp³-hybridized carbons (Fsp3) is 0.0769. The number of nitrogens with zero attached hydrogens (tertiary/aromatic N) is 2. The van der Waals surface area contributed by atoms with Crippen molar-refractivity contribution in [2.75, 3.05) is 5.32 Å². The van der Waals surface area contributed by atoms with E-state index in [-0.39, 0.29) is 23.3 Å². The number of hydrogen-bond donors (Lipinski definition) is 2. The summed E-state index contributed by atoms with van der Waals surface area (Å²) in [5.41, 5.74) is 1.86. The number of nitro benzene ring substituents is 1. The van der Waals surface area contributed by atoms with Crippen molar-refractivity contribution in [2.24, 2.45) is 0 Å². The molecule has 22 heavy (non-hydrogen) atoms. The Hall–Kier alpha value is -1.63. The van der Waals surface area contributed by atoms with Crippen molar-refractivity contribution in [3.05, 3.63) is 64.5 Å². The zero-order valence-electron chi connectivity index (χ0n) is 11.5. The summed E-state index contributed by atoms with van der Waals surface area (Å²) in [4.78, 5) is 13.7. The van der Waals surface area contributed by atoms with E-state index in [1.807, 2.05) is 12.3 Å². The van der Waals surface area contributed by atoms with E-state index in [9.17, 15) is 10.1 Å². The molecule has 112 valence electrons. The average molecular weight is 391 g/mol. The summed E-state index contributed by atoms with van der Waals surface area (Å²) >= 11 is 5.70. The number of nitrogens with one attached hydrogen (secondary N) is 1. The molecule has 9 heteroatoms. The van der Waals surface area contributed by atoms with Gasteiger partial charge in [-0.1, -0.05) is 0 Å². The van der Waals surface area contributed by atoms with Crippen molar-refractivity contribution in [1.29, 1.82) is 0 Å². The zero-order chi connectivity index (χ0) is 15.7. The summed E-state index contributed by atoms with van der Waals surface area (Å²) in [7, 11) is 0. The summed E-state index contributed by atoms with van der Waals surface area (Å²) in [5, 5.41) is 22.2. The Morgan fingerprint density at radius 3 is 2.36 bits per heavy atom. The molecule has 1 aromatic heterocycles.